The SMILES string of the molecule is CN(C(=O)CCn1c(=O)oc2cc(Cl)ccc21)C1CCNC1.Cl. The maximum absolute atomic E-state index is 12.3. The Hall–Kier alpha value is -1.50. The third-order valence-electron chi connectivity index (χ3n) is 4.15. The quantitative estimate of drug-likeness (QED) is 0.904. The zero-order valence-electron chi connectivity index (χ0n) is 12.8. The number of rotatable bonds is 4. The van der Waals surface area contributed by atoms with Gasteiger partial charge in [0.2, 0.25) is 5.91 Å². The Morgan fingerprint density at radius 1 is 1.52 bits per heavy atom. The van der Waals surface area contributed by atoms with E-state index in [1.54, 1.807) is 23.1 Å². The summed E-state index contributed by atoms with van der Waals surface area (Å²) in [7, 11) is 1.82. The van der Waals surface area contributed by atoms with E-state index in [1.807, 2.05) is 7.05 Å². The van der Waals surface area contributed by atoms with E-state index in [0.717, 1.165) is 19.5 Å². The molecule has 6 nitrogen and oxygen atoms in total. The molecular formula is C15H19Cl2N3O3. The van der Waals surface area contributed by atoms with Gasteiger partial charge in [0, 0.05) is 43.7 Å². The number of carbonyl (C=O) groups is 1. The Morgan fingerprint density at radius 2 is 2.30 bits per heavy atom. The van der Waals surface area contributed by atoms with Crippen LogP contribution in [0.5, 0.6) is 0 Å². The first-order valence-electron chi connectivity index (χ1n) is 7.31. The number of carbonyl (C=O) groups excluding carboxylic acids is 1. The van der Waals surface area contributed by atoms with Crippen LogP contribution in [0.1, 0.15) is 12.8 Å². The lowest BCUT2D eigenvalue weighted by Gasteiger charge is -2.23. The Bertz CT molecular complexity index is 750. The van der Waals surface area contributed by atoms with E-state index in [9.17, 15) is 9.59 Å². The first-order valence-corrected chi connectivity index (χ1v) is 7.69. The van der Waals surface area contributed by atoms with Crippen LogP contribution in [0.2, 0.25) is 5.02 Å². The number of benzene rings is 1. The second-order valence-corrected chi connectivity index (χ2v) is 5.97. The number of fused-ring (bicyclic) bond motifs is 1. The minimum absolute atomic E-state index is 0. The summed E-state index contributed by atoms with van der Waals surface area (Å²) in [5.41, 5.74) is 1.10. The summed E-state index contributed by atoms with van der Waals surface area (Å²) in [5.74, 6) is -0.431. The van der Waals surface area contributed by atoms with E-state index in [1.165, 1.54) is 4.57 Å². The van der Waals surface area contributed by atoms with Crippen LogP contribution in [0.15, 0.2) is 27.4 Å². The van der Waals surface area contributed by atoms with Gasteiger partial charge in [0.1, 0.15) is 0 Å². The number of halogens is 2. The summed E-state index contributed by atoms with van der Waals surface area (Å²) in [6, 6.07) is 5.28. The van der Waals surface area contributed by atoms with Gasteiger partial charge in [-0.3, -0.25) is 9.36 Å². The molecule has 1 aromatic carbocycles. The summed E-state index contributed by atoms with van der Waals surface area (Å²) < 4.78 is 6.64. The number of amides is 1. The van der Waals surface area contributed by atoms with Crippen LogP contribution in [0.3, 0.4) is 0 Å². The zero-order chi connectivity index (χ0) is 15.7. The van der Waals surface area contributed by atoms with Crippen molar-refractivity contribution in [3.05, 3.63) is 33.8 Å². The largest absolute Gasteiger partial charge is 0.419 e. The van der Waals surface area contributed by atoms with Gasteiger partial charge in [-0.25, -0.2) is 4.79 Å². The average molecular weight is 360 g/mol. The highest BCUT2D eigenvalue weighted by atomic mass is 35.5. The third-order valence-corrected chi connectivity index (χ3v) is 4.39. The Balaban J connectivity index is 0.00000192. The molecule has 0 saturated carbocycles. The van der Waals surface area contributed by atoms with E-state index < -0.39 is 5.76 Å². The number of nitrogens with zero attached hydrogens (tertiary/aromatic N) is 2. The van der Waals surface area contributed by atoms with Gasteiger partial charge in [-0.1, -0.05) is 11.6 Å². The average Bonchev–Trinajstić information content (AvgIpc) is 3.11. The Morgan fingerprint density at radius 3 is 3.00 bits per heavy atom. The molecule has 126 valence electrons. The summed E-state index contributed by atoms with van der Waals surface area (Å²) in [4.78, 5) is 25.9. The highest BCUT2D eigenvalue weighted by Crippen LogP contribution is 2.18. The number of aryl methyl sites for hydroxylation is 1. The van der Waals surface area contributed by atoms with Gasteiger partial charge < -0.3 is 14.6 Å². The Labute approximate surface area is 144 Å². The minimum Gasteiger partial charge on any atom is -0.408 e. The van der Waals surface area contributed by atoms with Crippen molar-refractivity contribution in [2.24, 2.45) is 0 Å². The molecule has 0 spiro atoms. The van der Waals surface area contributed by atoms with Crippen molar-refractivity contribution >= 4 is 41.0 Å². The molecule has 3 rings (SSSR count). The van der Waals surface area contributed by atoms with Gasteiger partial charge >= 0.3 is 5.76 Å². The fraction of sp³-hybridized carbons (Fsp3) is 0.467. The van der Waals surface area contributed by atoms with Gasteiger partial charge in [-0.05, 0) is 25.1 Å². The second-order valence-electron chi connectivity index (χ2n) is 5.53. The van der Waals surface area contributed by atoms with Gasteiger partial charge in [-0.15, -0.1) is 12.4 Å². The normalized spacial score (nSPS) is 17.2. The van der Waals surface area contributed by atoms with Crippen molar-refractivity contribution in [2.75, 3.05) is 20.1 Å². The number of likely N-dealkylation sites (N-methyl/N-ethyl adjacent to an activating group) is 1. The van der Waals surface area contributed by atoms with Crippen molar-refractivity contribution < 1.29 is 9.21 Å². The van der Waals surface area contributed by atoms with Crippen molar-refractivity contribution in [1.29, 1.82) is 0 Å². The van der Waals surface area contributed by atoms with E-state index in [-0.39, 0.29) is 30.8 Å². The van der Waals surface area contributed by atoms with E-state index in [0.29, 0.717) is 22.7 Å². The van der Waals surface area contributed by atoms with E-state index in [2.05, 4.69) is 5.32 Å². The molecule has 0 bridgehead atoms. The molecule has 1 fully saturated rings. The van der Waals surface area contributed by atoms with Crippen LogP contribution in [0.25, 0.3) is 11.1 Å². The molecule has 1 aliphatic rings. The van der Waals surface area contributed by atoms with Crippen LogP contribution in [-0.2, 0) is 11.3 Å². The van der Waals surface area contributed by atoms with Crippen LogP contribution in [0.4, 0.5) is 0 Å². The van der Waals surface area contributed by atoms with Crippen LogP contribution < -0.4 is 11.1 Å². The number of nitrogens with one attached hydrogen (secondary N) is 1. The minimum atomic E-state index is -0.463. The fourth-order valence-corrected chi connectivity index (χ4v) is 2.97. The standard InChI is InChI=1S/C15H18ClN3O3.ClH/c1-18(11-4-6-17-9-11)14(20)5-7-19-12-3-2-10(16)8-13(12)22-15(19)21;/h2-3,8,11,17H,4-7,9H2,1H3;1H. The molecule has 1 atom stereocenters. The summed E-state index contributed by atoms with van der Waals surface area (Å²) >= 11 is 5.88. The molecule has 1 amide bonds. The van der Waals surface area contributed by atoms with Gasteiger partial charge in [-0.2, -0.15) is 0 Å². The molecule has 8 heteroatoms. The molecule has 1 aliphatic heterocycles. The fourth-order valence-electron chi connectivity index (χ4n) is 2.81. The van der Waals surface area contributed by atoms with Gasteiger partial charge in [0.15, 0.2) is 5.58 Å². The third kappa shape index (κ3) is 3.71. The molecule has 2 heterocycles. The molecule has 1 aromatic heterocycles. The molecule has 23 heavy (non-hydrogen) atoms. The Kier molecular flexibility index (Phi) is 5.73. The van der Waals surface area contributed by atoms with Crippen molar-refractivity contribution in [3.8, 4) is 0 Å². The monoisotopic (exact) mass is 359 g/mol. The predicted octanol–water partition coefficient (Wildman–Crippen LogP) is 1.88. The lowest BCUT2D eigenvalue weighted by Crippen LogP contribution is -2.38. The smallest absolute Gasteiger partial charge is 0.408 e. The summed E-state index contributed by atoms with van der Waals surface area (Å²) in [6.45, 7) is 2.07. The predicted molar refractivity (Wildman–Crippen MR) is 91.4 cm³/mol. The second kappa shape index (κ2) is 7.38. The first kappa shape index (κ1) is 17.8. The highest BCUT2D eigenvalue weighted by molar-refractivity contribution is 6.31. The number of aromatic nitrogens is 1. The molecular weight excluding hydrogens is 341 g/mol. The maximum Gasteiger partial charge on any atom is 0.419 e. The number of hydrogen-bond acceptors (Lipinski definition) is 4. The van der Waals surface area contributed by atoms with Crippen LogP contribution in [0, 0.1) is 0 Å². The number of oxazole rings is 1. The molecule has 1 saturated heterocycles. The zero-order valence-corrected chi connectivity index (χ0v) is 14.3. The van der Waals surface area contributed by atoms with Crippen molar-refractivity contribution in [1.82, 2.24) is 14.8 Å². The van der Waals surface area contributed by atoms with Crippen molar-refractivity contribution in [2.45, 2.75) is 25.4 Å². The molecule has 2 aromatic rings. The maximum atomic E-state index is 12.3. The first-order chi connectivity index (χ1) is 10.6. The van der Waals surface area contributed by atoms with E-state index >= 15 is 0 Å². The molecule has 0 radical (unpaired) electrons. The lowest BCUT2D eigenvalue weighted by atomic mass is 10.2. The number of hydrogen-bond donors (Lipinski definition) is 1. The van der Waals surface area contributed by atoms with E-state index in [4.69, 9.17) is 16.0 Å². The molecule has 1 unspecified atom stereocenters. The summed E-state index contributed by atoms with van der Waals surface area (Å²) in [5, 5.41) is 3.75. The summed E-state index contributed by atoms with van der Waals surface area (Å²) in [6.07, 6.45) is 1.24. The van der Waals surface area contributed by atoms with Crippen LogP contribution in [-0.4, -0.2) is 41.6 Å². The molecule has 0 aliphatic carbocycles. The topological polar surface area (TPSA) is 67.5 Å². The highest BCUT2D eigenvalue weighted by Gasteiger charge is 2.23. The molecule has 1 N–H and O–H groups in total. The van der Waals surface area contributed by atoms with Crippen LogP contribution >= 0.6 is 24.0 Å². The van der Waals surface area contributed by atoms with Crippen molar-refractivity contribution in [3.63, 3.8) is 0 Å². The van der Waals surface area contributed by atoms with Gasteiger partial charge in [0.25, 0.3) is 0 Å². The van der Waals surface area contributed by atoms with Gasteiger partial charge in [0.05, 0.1) is 5.52 Å². The lowest BCUT2D eigenvalue weighted by molar-refractivity contribution is -0.131.